The lowest BCUT2D eigenvalue weighted by Gasteiger charge is -1.97. The van der Waals surface area contributed by atoms with Crippen molar-refractivity contribution in [2.45, 2.75) is 13.8 Å². The van der Waals surface area contributed by atoms with Gasteiger partial charge in [-0.15, -0.1) is 22.7 Å². The highest BCUT2D eigenvalue weighted by molar-refractivity contribution is 7.16. The molecular weight excluding hydrogens is 306 g/mol. The van der Waals surface area contributed by atoms with E-state index in [2.05, 4.69) is 15.0 Å². The fourth-order valence-electron chi connectivity index (χ4n) is 1.95. The third-order valence-corrected chi connectivity index (χ3v) is 4.83. The van der Waals surface area contributed by atoms with E-state index < -0.39 is 5.97 Å². The van der Waals surface area contributed by atoms with E-state index in [-0.39, 0.29) is 5.56 Å². The third kappa shape index (κ3) is 2.70. The van der Waals surface area contributed by atoms with E-state index in [1.165, 1.54) is 29.7 Å². The quantitative estimate of drug-likeness (QED) is 0.798. The Morgan fingerprint density at radius 2 is 2.05 bits per heavy atom. The number of hydrogen-bond donors (Lipinski definition) is 1. The van der Waals surface area contributed by atoms with Gasteiger partial charge in [-0.1, -0.05) is 0 Å². The molecule has 0 aliphatic carbocycles. The Morgan fingerprint density at radius 3 is 2.71 bits per heavy atom. The fraction of sp³-hybridized carbons (Fsp3) is 0.143. The Balaban J connectivity index is 2.00. The Bertz CT molecular complexity index is 823. The molecule has 3 rings (SSSR count). The molecule has 0 amide bonds. The normalized spacial score (nSPS) is 10.8. The topological polar surface area (TPSA) is 76.0 Å². The summed E-state index contributed by atoms with van der Waals surface area (Å²) in [5.41, 5.74) is 2.61. The highest BCUT2D eigenvalue weighted by Gasteiger charge is 2.14. The number of aromatic nitrogens is 3. The van der Waals surface area contributed by atoms with Gasteiger partial charge in [0.1, 0.15) is 5.01 Å². The molecule has 0 fully saturated rings. The fourth-order valence-corrected chi connectivity index (χ4v) is 3.68. The number of aryl methyl sites for hydroxylation is 2. The van der Waals surface area contributed by atoms with Crippen molar-refractivity contribution in [1.82, 2.24) is 15.0 Å². The molecule has 21 heavy (non-hydrogen) atoms. The van der Waals surface area contributed by atoms with Crippen LogP contribution in [0, 0.1) is 13.8 Å². The summed E-state index contributed by atoms with van der Waals surface area (Å²) >= 11 is 3.05. The van der Waals surface area contributed by atoms with Gasteiger partial charge in [0.15, 0.2) is 0 Å². The average Bonchev–Trinajstić information content (AvgIpc) is 3.05. The summed E-state index contributed by atoms with van der Waals surface area (Å²) in [6, 6.07) is 3.01. The lowest BCUT2D eigenvalue weighted by Crippen LogP contribution is -1.97. The van der Waals surface area contributed by atoms with Gasteiger partial charge in [-0.25, -0.2) is 14.8 Å². The van der Waals surface area contributed by atoms with Crippen LogP contribution in [0.15, 0.2) is 23.7 Å². The van der Waals surface area contributed by atoms with Crippen molar-refractivity contribution in [3.8, 4) is 21.3 Å². The molecule has 0 aliphatic heterocycles. The predicted octanol–water partition coefficient (Wildman–Crippen LogP) is 3.64. The summed E-state index contributed by atoms with van der Waals surface area (Å²) in [7, 11) is 0. The summed E-state index contributed by atoms with van der Waals surface area (Å²) < 4.78 is 0. The van der Waals surface area contributed by atoms with Crippen molar-refractivity contribution >= 4 is 28.6 Å². The average molecular weight is 317 g/mol. The first-order chi connectivity index (χ1) is 10.0. The summed E-state index contributed by atoms with van der Waals surface area (Å²) in [5, 5.41) is 12.7. The predicted molar refractivity (Wildman–Crippen MR) is 82.9 cm³/mol. The molecule has 0 aromatic carbocycles. The van der Waals surface area contributed by atoms with Gasteiger partial charge in [0.25, 0.3) is 0 Å². The first-order valence-corrected chi connectivity index (χ1v) is 7.84. The molecule has 3 heterocycles. The summed E-state index contributed by atoms with van der Waals surface area (Å²) in [6.07, 6.45) is 1.49. The lowest BCUT2D eigenvalue weighted by atomic mass is 10.2. The van der Waals surface area contributed by atoms with Crippen molar-refractivity contribution in [2.24, 2.45) is 0 Å². The number of carbonyl (C=O) groups is 1. The molecule has 0 atom stereocenters. The van der Waals surface area contributed by atoms with Crippen molar-refractivity contribution < 1.29 is 9.90 Å². The monoisotopic (exact) mass is 317 g/mol. The Kier molecular flexibility index (Phi) is 3.52. The maximum absolute atomic E-state index is 11.0. The molecule has 7 heteroatoms. The summed E-state index contributed by atoms with van der Waals surface area (Å²) in [5.74, 6) is -0.968. The van der Waals surface area contributed by atoms with Crippen LogP contribution in [-0.2, 0) is 0 Å². The van der Waals surface area contributed by atoms with Crippen molar-refractivity contribution in [3.05, 3.63) is 40.0 Å². The second kappa shape index (κ2) is 5.34. The number of pyridine rings is 1. The number of carboxylic acids is 1. The van der Waals surface area contributed by atoms with Gasteiger partial charge in [-0.05, 0) is 26.0 Å². The molecular formula is C14H11N3O2S2. The minimum atomic E-state index is -0.968. The van der Waals surface area contributed by atoms with Crippen LogP contribution in [0.3, 0.4) is 0 Å². The lowest BCUT2D eigenvalue weighted by molar-refractivity contribution is 0.0697. The molecule has 3 aromatic rings. The SMILES string of the molecule is Cc1nc(C)c(-c2csc(-c3cc(C(=O)O)ccn3)n2)s1. The Morgan fingerprint density at radius 1 is 1.24 bits per heavy atom. The molecule has 0 aliphatic rings. The Hall–Kier alpha value is -2.12. The van der Waals surface area contributed by atoms with Gasteiger partial charge in [0.05, 0.1) is 32.5 Å². The molecule has 0 saturated heterocycles. The van der Waals surface area contributed by atoms with E-state index in [0.717, 1.165) is 21.3 Å². The smallest absolute Gasteiger partial charge is 0.335 e. The van der Waals surface area contributed by atoms with Crippen LogP contribution in [0.2, 0.25) is 0 Å². The van der Waals surface area contributed by atoms with E-state index >= 15 is 0 Å². The number of carboxylic acid groups (broad SMARTS) is 1. The first kappa shape index (κ1) is 13.8. The zero-order valence-corrected chi connectivity index (χ0v) is 13.0. The molecule has 0 unspecified atom stereocenters. The minimum Gasteiger partial charge on any atom is -0.478 e. The second-order valence-corrected chi connectivity index (χ2v) is 6.48. The van der Waals surface area contributed by atoms with Crippen LogP contribution in [0.5, 0.6) is 0 Å². The van der Waals surface area contributed by atoms with Crippen LogP contribution in [0.1, 0.15) is 21.1 Å². The van der Waals surface area contributed by atoms with Crippen molar-refractivity contribution in [1.29, 1.82) is 0 Å². The highest BCUT2D eigenvalue weighted by Crippen LogP contribution is 2.33. The highest BCUT2D eigenvalue weighted by atomic mass is 32.1. The van der Waals surface area contributed by atoms with Crippen LogP contribution in [0.4, 0.5) is 0 Å². The van der Waals surface area contributed by atoms with Crippen LogP contribution >= 0.6 is 22.7 Å². The second-order valence-electron chi connectivity index (χ2n) is 4.42. The number of thiazole rings is 2. The standard InChI is InChI=1S/C14H11N3O2S2/c1-7-12(21-8(2)16-7)11-6-20-13(17-11)10-5-9(14(18)19)3-4-15-10/h3-6H,1-2H3,(H,18,19). The molecule has 0 radical (unpaired) electrons. The number of nitrogens with zero attached hydrogens (tertiary/aromatic N) is 3. The third-order valence-electron chi connectivity index (χ3n) is 2.87. The maximum atomic E-state index is 11.0. The molecule has 3 aromatic heterocycles. The zero-order chi connectivity index (χ0) is 15.0. The van der Waals surface area contributed by atoms with Crippen LogP contribution < -0.4 is 0 Å². The maximum Gasteiger partial charge on any atom is 0.335 e. The van der Waals surface area contributed by atoms with Gasteiger partial charge in [0.2, 0.25) is 0 Å². The van der Waals surface area contributed by atoms with E-state index in [9.17, 15) is 4.79 Å². The molecule has 0 spiro atoms. The van der Waals surface area contributed by atoms with Crippen LogP contribution in [0.25, 0.3) is 21.3 Å². The van der Waals surface area contributed by atoms with Gasteiger partial charge >= 0.3 is 5.97 Å². The molecule has 0 saturated carbocycles. The zero-order valence-electron chi connectivity index (χ0n) is 11.3. The molecule has 1 N–H and O–H groups in total. The number of hydrogen-bond acceptors (Lipinski definition) is 6. The number of rotatable bonds is 3. The summed E-state index contributed by atoms with van der Waals surface area (Å²) in [6.45, 7) is 3.92. The van der Waals surface area contributed by atoms with E-state index in [1.807, 2.05) is 19.2 Å². The van der Waals surface area contributed by atoms with Gasteiger partial charge in [-0.2, -0.15) is 0 Å². The van der Waals surface area contributed by atoms with Gasteiger partial charge in [0, 0.05) is 11.6 Å². The van der Waals surface area contributed by atoms with Crippen LogP contribution in [-0.4, -0.2) is 26.0 Å². The molecule has 106 valence electrons. The van der Waals surface area contributed by atoms with E-state index in [4.69, 9.17) is 5.11 Å². The summed E-state index contributed by atoms with van der Waals surface area (Å²) in [4.78, 5) is 25.2. The largest absolute Gasteiger partial charge is 0.478 e. The minimum absolute atomic E-state index is 0.210. The molecule has 0 bridgehead atoms. The first-order valence-electron chi connectivity index (χ1n) is 6.14. The van der Waals surface area contributed by atoms with E-state index in [0.29, 0.717) is 10.7 Å². The van der Waals surface area contributed by atoms with Crippen molar-refractivity contribution in [2.75, 3.05) is 0 Å². The Labute approximate surface area is 129 Å². The van der Waals surface area contributed by atoms with Gasteiger partial charge < -0.3 is 5.11 Å². The van der Waals surface area contributed by atoms with Gasteiger partial charge in [-0.3, -0.25) is 4.98 Å². The van der Waals surface area contributed by atoms with E-state index in [1.54, 1.807) is 11.3 Å². The van der Waals surface area contributed by atoms with Crippen molar-refractivity contribution in [3.63, 3.8) is 0 Å². The molecule has 5 nitrogen and oxygen atoms in total. The number of aromatic carboxylic acids is 1.